The van der Waals surface area contributed by atoms with Crippen LogP contribution in [0.1, 0.15) is 110 Å². The van der Waals surface area contributed by atoms with Gasteiger partial charge in [0.15, 0.2) is 5.57 Å². The van der Waals surface area contributed by atoms with Crippen molar-refractivity contribution >= 4 is 80.1 Å². The number of fused-ring (bicyclic) bond motifs is 11. The number of aromatic nitrogens is 2. The van der Waals surface area contributed by atoms with Crippen LogP contribution in [0.5, 0.6) is 0 Å². The quantitative estimate of drug-likeness (QED) is 0.178. The second-order valence-corrected chi connectivity index (χ2v) is 19.9. The van der Waals surface area contributed by atoms with Gasteiger partial charge in [-0.2, -0.15) is 10.5 Å². The number of hydrogen-bond donors (Lipinski definition) is 0. The van der Waals surface area contributed by atoms with Crippen molar-refractivity contribution in [2.45, 2.75) is 102 Å². The minimum atomic E-state index is -0.165. The maximum atomic E-state index is 13.5. The molecule has 2 spiro atoms. The summed E-state index contributed by atoms with van der Waals surface area (Å²) in [5.74, 6) is 0. The molecule has 0 bridgehead atoms. The van der Waals surface area contributed by atoms with E-state index in [-0.39, 0.29) is 33.2 Å². The van der Waals surface area contributed by atoms with Gasteiger partial charge in [0.05, 0.1) is 21.7 Å². The van der Waals surface area contributed by atoms with Crippen molar-refractivity contribution in [1.29, 1.82) is 15.8 Å². The van der Waals surface area contributed by atoms with Crippen molar-refractivity contribution in [3.63, 3.8) is 0 Å². The van der Waals surface area contributed by atoms with Crippen molar-refractivity contribution in [3.8, 4) is 37.7 Å². The number of rotatable bonds is 4. The van der Waals surface area contributed by atoms with Gasteiger partial charge in [0.1, 0.15) is 21.5 Å². The molecule has 0 aromatic carbocycles. The monoisotopic (exact) mass is 814 g/mol. The molecule has 8 nitrogen and oxygen atoms in total. The van der Waals surface area contributed by atoms with E-state index < -0.39 is 0 Å². The molecule has 13 heteroatoms. The summed E-state index contributed by atoms with van der Waals surface area (Å²) < 4.78 is 5.00. The first-order chi connectivity index (χ1) is 26.8. The van der Waals surface area contributed by atoms with Gasteiger partial charge >= 0.3 is 0 Å². The fourth-order valence-electron chi connectivity index (χ4n) is 9.77. The average molecular weight is 815 g/mol. The van der Waals surface area contributed by atoms with Gasteiger partial charge in [-0.25, -0.2) is 10.1 Å². The minimum Gasteiger partial charge on any atom is -0.307 e. The maximum Gasteiger partial charge on any atom is 0.294 e. The number of thiophene rings is 3. The summed E-state index contributed by atoms with van der Waals surface area (Å²) in [6.07, 6.45) is 15.6. The molecule has 0 amide bonds. The van der Waals surface area contributed by atoms with Crippen molar-refractivity contribution in [3.05, 3.63) is 94.7 Å². The zero-order valence-electron chi connectivity index (χ0n) is 30.3. The van der Waals surface area contributed by atoms with Crippen LogP contribution in [0.3, 0.4) is 0 Å². The van der Waals surface area contributed by atoms with Gasteiger partial charge in [-0.3, -0.25) is 14.2 Å². The molecule has 0 N–H and O–H groups in total. The third kappa shape index (κ3) is 5.11. The number of nitriles is 3. The van der Waals surface area contributed by atoms with Crippen LogP contribution in [0.25, 0.3) is 47.8 Å². The van der Waals surface area contributed by atoms with Crippen LogP contribution in [0, 0.1) is 40.6 Å². The molecule has 5 aromatic heterocycles. The van der Waals surface area contributed by atoms with Crippen molar-refractivity contribution < 1.29 is 0 Å². The number of thiazole rings is 2. The third-order valence-electron chi connectivity index (χ3n) is 12.1. The Balaban J connectivity index is 1.24. The highest BCUT2D eigenvalue weighted by molar-refractivity contribution is 7.27. The molecule has 4 aliphatic carbocycles. The minimum absolute atomic E-state index is 0.0357. The Morgan fingerprint density at radius 3 is 1.56 bits per heavy atom. The predicted octanol–water partition coefficient (Wildman–Crippen LogP) is 7.23. The van der Waals surface area contributed by atoms with Crippen LogP contribution < -0.4 is 29.5 Å². The fourth-order valence-corrected chi connectivity index (χ4v) is 16.3. The van der Waals surface area contributed by atoms with E-state index in [0.717, 1.165) is 35.4 Å². The topological polar surface area (TPSA) is 120 Å². The Morgan fingerprint density at radius 2 is 1.15 bits per heavy atom. The molecule has 55 heavy (non-hydrogen) atoms. The van der Waals surface area contributed by atoms with Crippen LogP contribution >= 0.6 is 56.7 Å². The smallest absolute Gasteiger partial charge is 0.294 e. The van der Waals surface area contributed by atoms with E-state index in [1.165, 1.54) is 101 Å². The van der Waals surface area contributed by atoms with Crippen LogP contribution in [-0.4, -0.2) is 9.13 Å². The molecule has 9 rings (SSSR count). The average Bonchev–Trinajstić information content (AvgIpc) is 4.06. The zero-order chi connectivity index (χ0) is 38.2. The number of hydrogen-bond acceptors (Lipinski definition) is 10. The fraction of sp³-hybridized carbons (Fsp3) is 0.381. The van der Waals surface area contributed by atoms with E-state index in [4.69, 9.17) is 6.57 Å². The van der Waals surface area contributed by atoms with E-state index in [9.17, 15) is 25.4 Å². The highest BCUT2D eigenvalue weighted by Crippen LogP contribution is 2.70. The molecule has 0 saturated heterocycles. The first-order valence-electron chi connectivity index (χ1n) is 18.7. The van der Waals surface area contributed by atoms with Gasteiger partial charge in [-0.15, -0.1) is 56.7 Å². The van der Waals surface area contributed by atoms with E-state index in [2.05, 4.69) is 17.0 Å². The molecule has 0 unspecified atom stereocenters. The second kappa shape index (κ2) is 13.6. The van der Waals surface area contributed by atoms with Gasteiger partial charge < -0.3 is 4.57 Å². The standard InChI is InChI=1S/C42H34N6O2S5/c1-4-47-37(49)29(53-39(47)23(20-43)21-44)18-24-16-26-33(51-24)35-31(41(26)12-8-6-9-13-41)32-36(55-35)34-27(42(32)14-10-7-11-15-42)17-25(52-34)19-30-38(50)48(5-2)40(54-30)28(22-45)46-3/h16-19H,4-15H2,1-2H3/b29-18-,30-19-,40-28-. The molecule has 5 aromatic rings. The van der Waals surface area contributed by atoms with Gasteiger partial charge in [0.25, 0.3) is 16.8 Å². The van der Waals surface area contributed by atoms with Crippen LogP contribution in [0.4, 0.5) is 0 Å². The molecule has 0 radical (unpaired) electrons. The molecule has 2 fully saturated rings. The van der Waals surface area contributed by atoms with E-state index in [0.29, 0.717) is 31.5 Å². The van der Waals surface area contributed by atoms with Gasteiger partial charge in [0.2, 0.25) is 0 Å². The van der Waals surface area contributed by atoms with Crippen molar-refractivity contribution in [2.75, 3.05) is 0 Å². The highest BCUT2D eigenvalue weighted by atomic mass is 32.1. The summed E-state index contributed by atoms with van der Waals surface area (Å²) in [6, 6.07) is 10.6. The van der Waals surface area contributed by atoms with E-state index >= 15 is 0 Å². The summed E-state index contributed by atoms with van der Waals surface area (Å²) in [4.78, 5) is 37.9. The summed E-state index contributed by atoms with van der Waals surface area (Å²) in [6.45, 7) is 12.0. The van der Waals surface area contributed by atoms with Gasteiger partial charge in [-0.05, 0) is 86.1 Å². The van der Waals surface area contributed by atoms with Crippen molar-refractivity contribution in [1.82, 2.24) is 9.13 Å². The van der Waals surface area contributed by atoms with Gasteiger partial charge in [0, 0.05) is 53.2 Å². The lowest BCUT2D eigenvalue weighted by atomic mass is 9.61. The van der Waals surface area contributed by atoms with Crippen molar-refractivity contribution in [2.24, 2.45) is 0 Å². The lowest BCUT2D eigenvalue weighted by Gasteiger charge is -2.41. The Hall–Kier alpha value is -4.60. The molecule has 0 atom stereocenters. The molecule has 2 saturated carbocycles. The van der Waals surface area contributed by atoms with Crippen LogP contribution in [-0.2, 0) is 23.9 Å². The Morgan fingerprint density at radius 1 is 0.691 bits per heavy atom. The Bertz CT molecular complexity index is 2790. The lowest BCUT2D eigenvalue weighted by molar-refractivity contribution is 0.326. The van der Waals surface area contributed by atoms with Gasteiger partial charge in [-0.1, -0.05) is 38.5 Å². The predicted molar refractivity (Wildman–Crippen MR) is 223 cm³/mol. The van der Waals surface area contributed by atoms with Crippen LogP contribution in [0.15, 0.2) is 21.7 Å². The lowest BCUT2D eigenvalue weighted by Crippen LogP contribution is -2.34. The molecule has 5 heterocycles. The van der Waals surface area contributed by atoms with E-state index in [1.807, 2.05) is 55.5 Å². The first kappa shape index (κ1) is 36.1. The molecule has 4 aliphatic rings. The number of nitrogens with zero attached hydrogens (tertiary/aromatic N) is 6. The molecular weight excluding hydrogens is 781 g/mol. The summed E-state index contributed by atoms with van der Waals surface area (Å²) in [7, 11) is 0. The normalized spacial score (nSPS) is 18.3. The molecular formula is C42H34N6O2S5. The summed E-state index contributed by atoms with van der Waals surface area (Å²) >= 11 is 7.92. The zero-order valence-corrected chi connectivity index (χ0v) is 34.4. The molecule has 0 aliphatic heterocycles. The second-order valence-electron chi connectivity index (χ2n) is 14.7. The maximum absolute atomic E-state index is 13.5. The molecule has 274 valence electrons. The Labute approximate surface area is 337 Å². The Kier molecular flexibility index (Phi) is 8.89. The largest absolute Gasteiger partial charge is 0.307 e. The van der Waals surface area contributed by atoms with E-state index in [1.54, 1.807) is 33.8 Å². The SMILES string of the molecule is [C-]#[N+]/C(C#N)=c1\s/c(=C\c2cc3c(s2)-c2sc4c(c2C32CCCCC2)C2(CCCCC2)c2cc(/C=c3\sc(=C(C#N)C#N)n(CC)c3=O)sc2-4)c(=O)n1CC. The third-order valence-corrected chi connectivity index (χ3v) is 18.0. The highest BCUT2D eigenvalue weighted by Gasteiger charge is 2.56. The summed E-state index contributed by atoms with van der Waals surface area (Å²) in [5, 5.41) is 28.8. The summed E-state index contributed by atoms with van der Waals surface area (Å²) in [5.41, 5.74) is 5.42. The first-order valence-corrected chi connectivity index (χ1v) is 22.8. The van der Waals surface area contributed by atoms with Crippen LogP contribution in [0.2, 0.25) is 0 Å².